The summed E-state index contributed by atoms with van der Waals surface area (Å²) in [7, 11) is -3.09. The lowest BCUT2D eigenvalue weighted by atomic mass is 9.61. The van der Waals surface area contributed by atoms with Gasteiger partial charge in [-0.15, -0.1) is 0 Å². The molecule has 182 valence electrons. The van der Waals surface area contributed by atoms with Gasteiger partial charge in [-0.25, -0.2) is 8.42 Å². The fourth-order valence-corrected chi connectivity index (χ4v) is 7.82. The van der Waals surface area contributed by atoms with Crippen LogP contribution in [0.1, 0.15) is 86.0 Å². The predicted molar refractivity (Wildman–Crippen MR) is 132 cm³/mol. The first kappa shape index (κ1) is 25.7. The highest BCUT2D eigenvalue weighted by atomic mass is 32.2. The Labute approximate surface area is 195 Å². The molecule has 6 atom stereocenters. The molecule has 3 fully saturated rings. The summed E-state index contributed by atoms with van der Waals surface area (Å²) in [6, 6.07) is 0. The predicted octanol–water partition coefficient (Wildman–Crippen LogP) is 5.37. The Morgan fingerprint density at radius 1 is 1.22 bits per heavy atom. The number of allylic oxidation sites excluding steroid dienone is 3. The van der Waals surface area contributed by atoms with E-state index >= 15 is 0 Å². The van der Waals surface area contributed by atoms with Crippen molar-refractivity contribution in [2.45, 2.75) is 103 Å². The highest BCUT2D eigenvalue weighted by molar-refractivity contribution is 7.92. The van der Waals surface area contributed by atoms with Crippen molar-refractivity contribution < 1.29 is 18.6 Å². The van der Waals surface area contributed by atoms with Gasteiger partial charge in [0.15, 0.2) is 9.84 Å². The van der Waals surface area contributed by atoms with Crippen LogP contribution in [0.2, 0.25) is 0 Å². The molecule has 0 aliphatic heterocycles. The van der Waals surface area contributed by atoms with E-state index < -0.39 is 26.8 Å². The van der Waals surface area contributed by atoms with E-state index in [0.717, 1.165) is 36.8 Å². The summed E-state index contributed by atoms with van der Waals surface area (Å²) in [6.07, 6.45) is 10.6. The Morgan fingerprint density at radius 2 is 1.91 bits per heavy atom. The van der Waals surface area contributed by atoms with Crippen molar-refractivity contribution in [2.24, 2.45) is 23.2 Å². The minimum absolute atomic E-state index is 0.218. The van der Waals surface area contributed by atoms with E-state index in [9.17, 15) is 18.6 Å². The van der Waals surface area contributed by atoms with Gasteiger partial charge in [-0.2, -0.15) is 0 Å². The van der Waals surface area contributed by atoms with Gasteiger partial charge in [0.25, 0.3) is 0 Å². The molecule has 0 spiro atoms. The topological polar surface area (TPSA) is 74.6 Å². The quantitative estimate of drug-likeness (QED) is 0.574. The molecule has 0 amide bonds. The Balaban J connectivity index is 1.74. The van der Waals surface area contributed by atoms with Gasteiger partial charge in [0, 0.05) is 6.42 Å². The molecule has 3 saturated carbocycles. The molecule has 0 aromatic rings. The number of aliphatic hydroxyl groups excluding tert-OH is 2. The average molecular weight is 465 g/mol. The first-order valence-electron chi connectivity index (χ1n) is 12.4. The van der Waals surface area contributed by atoms with Gasteiger partial charge in [-0.3, -0.25) is 0 Å². The fraction of sp³-hybridized carbons (Fsp3) is 0.778. The zero-order valence-corrected chi connectivity index (χ0v) is 21.5. The second-order valence-corrected chi connectivity index (χ2v) is 14.7. The van der Waals surface area contributed by atoms with Crippen molar-refractivity contribution >= 4 is 9.84 Å². The lowest BCUT2D eigenvalue weighted by Crippen LogP contribution is -2.37. The fourth-order valence-electron chi connectivity index (χ4n) is 6.53. The number of fused-ring (bicyclic) bond motifs is 1. The first-order chi connectivity index (χ1) is 14.8. The van der Waals surface area contributed by atoms with Crippen molar-refractivity contribution in [3.63, 3.8) is 0 Å². The standard InChI is InChI=1S/C27H44O4S/c1-18(13-15-32(30,31)26(3,4)5)23-11-12-24-20(8-7-14-27(23,24)6)9-10-21-16-22(28)17-25(29)19(21)2/h9-10,18,22-25,28-29H,2,7-8,11-17H2,1,3-6H3/b20-9-,21-10+/t18-,22-,23-,24+,25+,27-/m1/s1. The molecule has 5 heteroatoms. The third-order valence-electron chi connectivity index (χ3n) is 8.76. The van der Waals surface area contributed by atoms with E-state index in [4.69, 9.17) is 0 Å². The molecule has 2 N–H and O–H groups in total. The van der Waals surface area contributed by atoms with Gasteiger partial charge < -0.3 is 10.2 Å². The van der Waals surface area contributed by atoms with Crippen LogP contribution in [0.5, 0.6) is 0 Å². The first-order valence-corrected chi connectivity index (χ1v) is 14.1. The van der Waals surface area contributed by atoms with Crippen LogP contribution < -0.4 is 0 Å². The Bertz CT molecular complexity index is 876. The van der Waals surface area contributed by atoms with Gasteiger partial charge in [0.05, 0.1) is 22.7 Å². The van der Waals surface area contributed by atoms with Crippen molar-refractivity contribution in [3.8, 4) is 0 Å². The maximum absolute atomic E-state index is 12.6. The van der Waals surface area contributed by atoms with E-state index in [0.29, 0.717) is 30.6 Å². The number of aliphatic hydroxyl groups is 2. The molecule has 4 nitrogen and oxygen atoms in total. The monoisotopic (exact) mass is 464 g/mol. The van der Waals surface area contributed by atoms with Crippen molar-refractivity contribution in [1.82, 2.24) is 0 Å². The Kier molecular flexibility index (Phi) is 7.54. The lowest BCUT2D eigenvalue weighted by Gasteiger charge is -2.44. The molecular formula is C27H44O4S. The highest BCUT2D eigenvalue weighted by Gasteiger charge is 2.50. The molecule has 0 aromatic heterocycles. The van der Waals surface area contributed by atoms with Crippen LogP contribution >= 0.6 is 0 Å². The van der Waals surface area contributed by atoms with Crippen LogP contribution in [0.3, 0.4) is 0 Å². The number of sulfone groups is 1. The SMILES string of the molecule is C=C1/C(=C/C=C2/CCC[C@]3(C)[C@@H]([C@H](C)CCS(=O)(=O)C(C)(C)C)CC[C@@H]23)C[C@@H](O)C[C@@H]1O. The summed E-state index contributed by atoms with van der Waals surface area (Å²) in [5.41, 5.74) is 3.40. The van der Waals surface area contributed by atoms with Crippen LogP contribution in [0.15, 0.2) is 35.5 Å². The van der Waals surface area contributed by atoms with Gasteiger partial charge >= 0.3 is 0 Å². The number of hydrogen-bond acceptors (Lipinski definition) is 4. The molecule has 32 heavy (non-hydrogen) atoms. The van der Waals surface area contributed by atoms with Gasteiger partial charge in [0.2, 0.25) is 0 Å². The molecule has 0 bridgehead atoms. The van der Waals surface area contributed by atoms with Gasteiger partial charge in [-0.1, -0.05) is 38.2 Å². The summed E-state index contributed by atoms with van der Waals surface area (Å²) in [6.45, 7) is 14.1. The largest absolute Gasteiger partial charge is 0.393 e. The molecule has 0 unspecified atom stereocenters. The highest BCUT2D eigenvalue weighted by Crippen LogP contribution is 2.59. The van der Waals surface area contributed by atoms with Crippen molar-refractivity contribution in [1.29, 1.82) is 0 Å². The molecule has 3 rings (SSSR count). The smallest absolute Gasteiger partial charge is 0.155 e. The van der Waals surface area contributed by atoms with Crippen LogP contribution in [0.25, 0.3) is 0 Å². The van der Waals surface area contributed by atoms with E-state index in [1.807, 2.05) is 0 Å². The zero-order valence-electron chi connectivity index (χ0n) is 20.7. The zero-order chi connectivity index (χ0) is 23.9. The molecule has 3 aliphatic carbocycles. The minimum atomic E-state index is -3.09. The van der Waals surface area contributed by atoms with Crippen molar-refractivity contribution in [3.05, 3.63) is 35.5 Å². The average Bonchev–Trinajstić information content (AvgIpc) is 3.04. The summed E-state index contributed by atoms with van der Waals surface area (Å²) >= 11 is 0. The van der Waals surface area contributed by atoms with Crippen LogP contribution in [-0.4, -0.2) is 41.3 Å². The van der Waals surface area contributed by atoms with E-state index in [-0.39, 0.29) is 11.2 Å². The van der Waals surface area contributed by atoms with Crippen LogP contribution in [0, 0.1) is 23.2 Å². The molecule has 0 heterocycles. The molecule has 0 saturated heterocycles. The molecule has 0 radical (unpaired) electrons. The van der Waals surface area contributed by atoms with Crippen LogP contribution in [-0.2, 0) is 9.84 Å². The maximum Gasteiger partial charge on any atom is 0.155 e. The molecule has 0 aromatic carbocycles. The van der Waals surface area contributed by atoms with Crippen LogP contribution in [0.4, 0.5) is 0 Å². The third kappa shape index (κ3) is 5.10. The number of rotatable bonds is 5. The van der Waals surface area contributed by atoms with E-state index in [1.54, 1.807) is 20.8 Å². The van der Waals surface area contributed by atoms with Gasteiger partial charge in [0.1, 0.15) is 0 Å². The Hall–Kier alpha value is -0.910. The van der Waals surface area contributed by atoms with E-state index in [1.165, 1.54) is 18.4 Å². The van der Waals surface area contributed by atoms with E-state index in [2.05, 4.69) is 32.6 Å². The molecule has 3 aliphatic rings. The summed E-state index contributed by atoms with van der Waals surface area (Å²) in [5.74, 6) is 1.75. The maximum atomic E-state index is 12.6. The normalized spacial score (nSPS) is 37.7. The van der Waals surface area contributed by atoms with Gasteiger partial charge in [-0.05, 0) is 100 Å². The third-order valence-corrected chi connectivity index (χ3v) is 11.4. The molecular weight excluding hydrogens is 420 g/mol. The Morgan fingerprint density at radius 3 is 2.56 bits per heavy atom. The summed E-state index contributed by atoms with van der Waals surface area (Å²) < 4.78 is 24.6. The second kappa shape index (κ2) is 9.38. The summed E-state index contributed by atoms with van der Waals surface area (Å²) in [5, 5.41) is 20.2. The second-order valence-electron chi connectivity index (χ2n) is 11.9. The lowest BCUT2D eigenvalue weighted by molar-refractivity contribution is 0.0861. The minimum Gasteiger partial charge on any atom is -0.393 e. The number of hydrogen-bond donors (Lipinski definition) is 2. The summed E-state index contributed by atoms with van der Waals surface area (Å²) in [4.78, 5) is 0. The van der Waals surface area contributed by atoms with Crippen molar-refractivity contribution in [2.75, 3.05) is 5.75 Å².